The zero-order chi connectivity index (χ0) is 6.24. The molecular weight excluding hydrogens is 102 g/mol. The quantitative estimate of drug-likeness (QED) is 0.531. The molecule has 0 aromatic carbocycles. The fraction of sp³-hybridized carbons (Fsp3) is 1.00. The molecule has 0 amide bonds. The van der Waals surface area contributed by atoms with Crippen molar-refractivity contribution in [2.75, 3.05) is 13.2 Å². The van der Waals surface area contributed by atoms with Crippen LogP contribution in [0, 0.1) is 0 Å². The van der Waals surface area contributed by atoms with Crippen molar-refractivity contribution >= 4 is 0 Å². The average molecular weight is 116 g/mol. The molecule has 0 bridgehead atoms. The highest BCUT2D eigenvalue weighted by molar-refractivity contribution is 4.40. The molecule has 0 aliphatic heterocycles. The van der Waals surface area contributed by atoms with Crippen molar-refractivity contribution in [3.05, 3.63) is 0 Å². The Balaban J connectivity index is 2.53. The topological polar surface area (TPSA) is 44.0 Å². The Labute approximate surface area is 50.7 Å². The molecule has 0 saturated carbocycles. The molecule has 0 aromatic rings. The SMILES string of the molecule is [NH]CCCCCCO. The lowest BCUT2D eigenvalue weighted by Crippen LogP contribution is -1.87. The van der Waals surface area contributed by atoms with Crippen molar-refractivity contribution in [3.63, 3.8) is 0 Å². The Morgan fingerprint density at radius 1 is 1.00 bits per heavy atom. The van der Waals surface area contributed by atoms with Crippen LogP contribution in [0.2, 0.25) is 0 Å². The predicted octanol–water partition coefficient (Wildman–Crippen LogP) is 0.822. The zero-order valence-corrected chi connectivity index (χ0v) is 5.19. The van der Waals surface area contributed by atoms with Crippen LogP contribution < -0.4 is 5.73 Å². The van der Waals surface area contributed by atoms with E-state index in [4.69, 9.17) is 10.8 Å². The van der Waals surface area contributed by atoms with Gasteiger partial charge >= 0.3 is 0 Å². The van der Waals surface area contributed by atoms with Crippen LogP contribution in [0.3, 0.4) is 0 Å². The van der Waals surface area contributed by atoms with Gasteiger partial charge in [-0.15, -0.1) is 0 Å². The van der Waals surface area contributed by atoms with Gasteiger partial charge in [0.05, 0.1) is 0 Å². The summed E-state index contributed by atoms with van der Waals surface area (Å²) < 4.78 is 0. The van der Waals surface area contributed by atoms with Crippen LogP contribution >= 0.6 is 0 Å². The molecule has 2 heteroatoms. The van der Waals surface area contributed by atoms with Crippen LogP contribution in [0.15, 0.2) is 0 Å². The monoisotopic (exact) mass is 116 g/mol. The maximum Gasteiger partial charge on any atom is 0.0431 e. The first-order valence-electron chi connectivity index (χ1n) is 3.17. The summed E-state index contributed by atoms with van der Waals surface area (Å²) >= 11 is 0. The maximum atomic E-state index is 8.32. The summed E-state index contributed by atoms with van der Waals surface area (Å²) in [6, 6.07) is 0. The average Bonchev–Trinajstić information content (AvgIpc) is 1.81. The second kappa shape index (κ2) is 6.92. The van der Waals surface area contributed by atoms with Crippen LogP contribution in [-0.4, -0.2) is 18.3 Å². The van der Waals surface area contributed by atoms with Crippen LogP contribution in [-0.2, 0) is 0 Å². The molecule has 0 atom stereocenters. The van der Waals surface area contributed by atoms with Gasteiger partial charge in [0.15, 0.2) is 0 Å². The van der Waals surface area contributed by atoms with E-state index in [0.717, 1.165) is 25.7 Å². The molecule has 0 spiro atoms. The lowest BCUT2D eigenvalue weighted by Gasteiger charge is -1.93. The molecule has 2 N–H and O–H groups in total. The summed E-state index contributed by atoms with van der Waals surface area (Å²) in [5.41, 5.74) is 6.78. The number of aliphatic hydroxyl groups is 1. The van der Waals surface area contributed by atoms with Gasteiger partial charge in [0.2, 0.25) is 0 Å². The van der Waals surface area contributed by atoms with Crippen molar-refractivity contribution in [3.8, 4) is 0 Å². The molecule has 2 nitrogen and oxygen atoms in total. The van der Waals surface area contributed by atoms with Gasteiger partial charge < -0.3 is 5.11 Å². The highest BCUT2D eigenvalue weighted by Crippen LogP contribution is 1.96. The Hall–Kier alpha value is -0.0800. The van der Waals surface area contributed by atoms with Crippen LogP contribution in [0.4, 0.5) is 0 Å². The summed E-state index contributed by atoms with van der Waals surface area (Å²) in [5, 5.41) is 8.32. The number of aliphatic hydroxyl groups excluding tert-OH is 1. The Kier molecular flexibility index (Phi) is 6.85. The molecule has 49 valence electrons. The van der Waals surface area contributed by atoms with Crippen molar-refractivity contribution in [2.24, 2.45) is 0 Å². The van der Waals surface area contributed by atoms with Crippen LogP contribution in [0.1, 0.15) is 25.7 Å². The minimum absolute atomic E-state index is 0.304. The lowest BCUT2D eigenvalue weighted by atomic mass is 10.2. The van der Waals surface area contributed by atoms with E-state index in [9.17, 15) is 0 Å². The Morgan fingerprint density at radius 3 is 2.12 bits per heavy atom. The second-order valence-corrected chi connectivity index (χ2v) is 1.89. The molecule has 1 radical (unpaired) electrons. The summed E-state index contributed by atoms with van der Waals surface area (Å²) in [5.74, 6) is 0. The minimum Gasteiger partial charge on any atom is -0.396 e. The fourth-order valence-corrected chi connectivity index (χ4v) is 0.590. The third kappa shape index (κ3) is 5.92. The van der Waals surface area contributed by atoms with Gasteiger partial charge in [-0.05, 0) is 12.8 Å². The fourth-order valence-electron chi connectivity index (χ4n) is 0.590. The van der Waals surface area contributed by atoms with Crippen LogP contribution in [0.25, 0.3) is 0 Å². The normalized spacial score (nSPS) is 9.75. The molecule has 0 rings (SSSR count). The van der Waals surface area contributed by atoms with Gasteiger partial charge in [0.25, 0.3) is 0 Å². The molecule has 0 aliphatic carbocycles. The van der Waals surface area contributed by atoms with Gasteiger partial charge in [-0.2, -0.15) is 0 Å². The molecule has 0 unspecified atom stereocenters. The third-order valence-electron chi connectivity index (χ3n) is 1.08. The number of hydrogen-bond acceptors (Lipinski definition) is 1. The highest BCUT2D eigenvalue weighted by atomic mass is 16.2. The van der Waals surface area contributed by atoms with Crippen molar-refractivity contribution in [1.82, 2.24) is 5.73 Å². The van der Waals surface area contributed by atoms with Crippen LogP contribution in [0.5, 0.6) is 0 Å². The van der Waals surface area contributed by atoms with E-state index in [1.165, 1.54) is 0 Å². The summed E-state index contributed by atoms with van der Waals surface area (Å²) in [6.07, 6.45) is 4.07. The number of nitrogens with one attached hydrogen (secondary N) is 1. The van der Waals surface area contributed by atoms with E-state index in [1.807, 2.05) is 0 Å². The van der Waals surface area contributed by atoms with Crippen molar-refractivity contribution < 1.29 is 5.11 Å². The summed E-state index contributed by atoms with van der Waals surface area (Å²) in [4.78, 5) is 0. The molecule has 0 fully saturated rings. The standard InChI is InChI=1S/C6H14NO/c7-5-3-1-2-4-6-8/h7-8H,1-6H2. The van der Waals surface area contributed by atoms with E-state index in [1.54, 1.807) is 0 Å². The first kappa shape index (κ1) is 7.92. The first-order valence-corrected chi connectivity index (χ1v) is 3.17. The molecule has 0 aromatic heterocycles. The molecular formula is C6H14NO. The highest BCUT2D eigenvalue weighted by Gasteiger charge is 1.84. The van der Waals surface area contributed by atoms with Crippen molar-refractivity contribution in [1.29, 1.82) is 0 Å². The van der Waals surface area contributed by atoms with E-state index in [-0.39, 0.29) is 0 Å². The van der Waals surface area contributed by atoms with Gasteiger partial charge in [-0.3, -0.25) is 5.73 Å². The van der Waals surface area contributed by atoms with Gasteiger partial charge in [0, 0.05) is 13.2 Å². The third-order valence-corrected chi connectivity index (χ3v) is 1.08. The first-order chi connectivity index (χ1) is 3.91. The Morgan fingerprint density at radius 2 is 1.62 bits per heavy atom. The predicted molar refractivity (Wildman–Crippen MR) is 33.5 cm³/mol. The smallest absolute Gasteiger partial charge is 0.0431 e. The lowest BCUT2D eigenvalue weighted by molar-refractivity contribution is 0.282. The second-order valence-electron chi connectivity index (χ2n) is 1.89. The minimum atomic E-state index is 0.304. The van der Waals surface area contributed by atoms with E-state index in [0.29, 0.717) is 13.2 Å². The maximum absolute atomic E-state index is 8.32. The largest absolute Gasteiger partial charge is 0.396 e. The molecule has 0 heterocycles. The molecule has 0 aliphatic rings. The number of unbranched alkanes of at least 4 members (excludes halogenated alkanes) is 3. The van der Waals surface area contributed by atoms with E-state index >= 15 is 0 Å². The Bertz CT molecular complexity index is 33.5. The van der Waals surface area contributed by atoms with Gasteiger partial charge in [0.1, 0.15) is 0 Å². The number of rotatable bonds is 5. The number of hydrogen-bond donors (Lipinski definition) is 1. The van der Waals surface area contributed by atoms with Crippen molar-refractivity contribution in [2.45, 2.75) is 25.7 Å². The summed E-state index contributed by atoms with van der Waals surface area (Å²) in [6.45, 7) is 0.837. The summed E-state index contributed by atoms with van der Waals surface area (Å²) in [7, 11) is 0. The van der Waals surface area contributed by atoms with E-state index in [2.05, 4.69) is 0 Å². The zero-order valence-electron chi connectivity index (χ0n) is 5.19. The molecule has 8 heavy (non-hydrogen) atoms. The van der Waals surface area contributed by atoms with Gasteiger partial charge in [-0.25, -0.2) is 0 Å². The van der Waals surface area contributed by atoms with Gasteiger partial charge in [-0.1, -0.05) is 12.8 Å². The van der Waals surface area contributed by atoms with E-state index < -0.39 is 0 Å². The molecule has 0 saturated heterocycles.